The van der Waals surface area contributed by atoms with Crippen LogP contribution in [0.25, 0.3) is 0 Å². The zero-order chi connectivity index (χ0) is 14.3. The van der Waals surface area contributed by atoms with E-state index in [1.165, 1.54) is 0 Å². The van der Waals surface area contributed by atoms with Gasteiger partial charge in [-0.1, -0.05) is 18.2 Å². The Morgan fingerprint density at radius 1 is 1.32 bits per heavy atom. The molecular weight excluding hydrogens is 242 g/mol. The normalized spacial score (nSPS) is 10.3. The predicted molar refractivity (Wildman–Crippen MR) is 75.4 cm³/mol. The highest BCUT2D eigenvalue weighted by Crippen LogP contribution is 2.22. The van der Waals surface area contributed by atoms with Gasteiger partial charge < -0.3 is 14.7 Å². The average Bonchev–Trinajstić information content (AvgIpc) is 2.37. The Labute approximate surface area is 115 Å². The van der Waals surface area contributed by atoms with Crippen molar-refractivity contribution in [3.8, 4) is 5.75 Å². The van der Waals surface area contributed by atoms with Gasteiger partial charge in [0, 0.05) is 20.0 Å². The molecule has 0 radical (unpaired) electrons. The lowest BCUT2D eigenvalue weighted by molar-refractivity contribution is -0.130. The highest BCUT2D eigenvalue weighted by atomic mass is 16.5. The second-order valence-electron chi connectivity index (χ2n) is 4.71. The third-order valence-electron chi connectivity index (χ3n) is 3.05. The molecule has 1 N–H and O–H groups in total. The van der Waals surface area contributed by atoms with Crippen LogP contribution < -0.4 is 4.74 Å². The van der Waals surface area contributed by atoms with Gasteiger partial charge in [0.25, 0.3) is 0 Å². The summed E-state index contributed by atoms with van der Waals surface area (Å²) in [6.07, 6.45) is 1.13. The summed E-state index contributed by atoms with van der Waals surface area (Å²) in [6.45, 7) is 4.95. The topological polar surface area (TPSA) is 49.8 Å². The molecule has 0 aliphatic carbocycles. The maximum Gasteiger partial charge on any atom is 0.222 e. The zero-order valence-electron chi connectivity index (χ0n) is 12.0. The minimum atomic E-state index is 0.00114. The summed E-state index contributed by atoms with van der Waals surface area (Å²) in [5, 5.41) is 8.75. The molecule has 0 saturated heterocycles. The van der Waals surface area contributed by atoms with Crippen LogP contribution in [-0.2, 0) is 4.79 Å². The number of aliphatic hydroxyl groups is 1. The molecule has 0 heterocycles. The fourth-order valence-electron chi connectivity index (χ4n) is 1.89. The van der Waals surface area contributed by atoms with Gasteiger partial charge in [0.05, 0.1) is 13.2 Å². The van der Waals surface area contributed by atoms with E-state index in [-0.39, 0.29) is 12.5 Å². The van der Waals surface area contributed by atoms with Gasteiger partial charge in [-0.3, -0.25) is 4.79 Å². The predicted octanol–water partition coefficient (Wildman–Crippen LogP) is 1.91. The smallest absolute Gasteiger partial charge is 0.222 e. The molecule has 1 aromatic rings. The number of hydrogen-bond donors (Lipinski definition) is 1. The molecule has 1 aromatic carbocycles. The van der Waals surface area contributed by atoms with Crippen LogP contribution in [0.2, 0.25) is 0 Å². The van der Waals surface area contributed by atoms with Crippen LogP contribution in [0, 0.1) is 13.8 Å². The number of benzene rings is 1. The molecule has 0 saturated carbocycles. The summed E-state index contributed by atoms with van der Waals surface area (Å²) in [5.41, 5.74) is 2.23. The molecule has 106 valence electrons. The average molecular weight is 265 g/mol. The minimum Gasteiger partial charge on any atom is -0.493 e. The van der Waals surface area contributed by atoms with E-state index in [1.54, 1.807) is 11.9 Å². The fourth-order valence-corrected chi connectivity index (χ4v) is 1.89. The van der Waals surface area contributed by atoms with Crippen molar-refractivity contribution in [2.24, 2.45) is 0 Å². The summed E-state index contributed by atoms with van der Waals surface area (Å²) in [6, 6.07) is 6.04. The van der Waals surface area contributed by atoms with Crippen LogP contribution in [-0.4, -0.2) is 42.7 Å². The maximum atomic E-state index is 11.6. The molecule has 0 aromatic heterocycles. The van der Waals surface area contributed by atoms with Crippen molar-refractivity contribution in [1.29, 1.82) is 0 Å². The van der Waals surface area contributed by atoms with E-state index < -0.39 is 0 Å². The Morgan fingerprint density at radius 2 is 1.95 bits per heavy atom. The van der Waals surface area contributed by atoms with Gasteiger partial charge in [-0.05, 0) is 31.4 Å². The molecule has 0 aliphatic heterocycles. The minimum absolute atomic E-state index is 0.00114. The first-order valence-electron chi connectivity index (χ1n) is 6.60. The Kier molecular flexibility index (Phi) is 6.36. The second-order valence-corrected chi connectivity index (χ2v) is 4.71. The Bertz CT molecular complexity index is 398. The molecule has 0 aliphatic rings. The lowest BCUT2D eigenvalue weighted by Crippen LogP contribution is -2.29. The lowest BCUT2D eigenvalue weighted by atomic mass is 10.1. The van der Waals surface area contributed by atoms with Crippen LogP contribution in [0.15, 0.2) is 18.2 Å². The summed E-state index contributed by atoms with van der Waals surface area (Å²) in [5.74, 6) is 0.956. The first-order chi connectivity index (χ1) is 9.06. The summed E-state index contributed by atoms with van der Waals surface area (Å²) in [7, 11) is 1.70. The molecule has 0 unspecified atom stereocenters. The molecule has 4 heteroatoms. The highest BCUT2D eigenvalue weighted by molar-refractivity contribution is 5.75. The number of rotatable bonds is 7. The Hall–Kier alpha value is -1.55. The van der Waals surface area contributed by atoms with Crippen molar-refractivity contribution < 1.29 is 14.6 Å². The summed E-state index contributed by atoms with van der Waals surface area (Å²) >= 11 is 0. The van der Waals surface area contributed by atoms with Crippen LogP contribution in [0.5, 0.6) is 5.75 Å². The van der Waals surface area contributed by atoms with Crippen LogP contribution in [0.4, 0.5) is 0 Å². The van der Waals surface area contributed by atoms with E-state index in [1.807, 2.05) is 32.0 Å². The van der Waals surface area contributed by atoms with Gasteiger partial charge in [0.15, 0.2) is 0 Å². The van der Waals surface area contributed by atoms with Gasteiger partial charge in [-0.15, -0.1) is 0 Å². The van der Waals surface area contributed by atoms with E-state index >= 15 is 0 Å². The largest absolute Gasteiger partial charge is 0.493 e. The van der Waals surface area contributed by atoms with Crippen molar-refractivity contribution >= 4 is 5.91 Å². The van der Waals surface area contributed by atoms with E-state index in [2.05, 4.69) is 0 Å². The molecule has 0 atom stereocenters. The highest BCUT2D eigenvalue weighted by Gasteiger charge is 2.08. The van der Waals surface area contributed by atoms with Gasteiger partial charge in [-0.2, -0.15) is 0 Å². The third-order valence-corrected chi connectivity index (χ3v) is 3.05. The molecule has 1 rings (SSSR count). The second kappa shape index (κ2) is 7.79. The number of likely N-dealkylation sites (N-methyl/N-ethyl adjacent to an activating group) is 1. The van der Waals surface area contributed by atoms with Crippen molar-refractivity contribution in [2.45, 2.75) is 26.7 Å². The molecule has 1 amide bonds. The van der Waals surface area contributed by atoms with Crippen LogP contribution in [0.1, 0.15) is 24.0 Å². The molecule has 4 nitrogen and oxygen atoms in total. The van der Waals surface area contributed by atoms with Gasteiger partial charge in [0.1, 0.15) is 5.75 Å². The number of para-hydroxylation sites is 1. The summed E-state index contributed by atoms with van der Waals surface area (Å²) < 4.78 is 5.74. The first kappa shape index (κ1) is 15.5. The van der Waals surface area contributed by atoms with Crippen molar-refractivity contribution in [3.05, 3.63) is 29.3 Å². The third kappa shape index (κ3) is 4.91. The number of amides is 1. The van der Waals surface area contributed by atoms with Gasteiger partial charge >= 0.3 is 0 Å². The fraction of sp³-hybridized carbons (Fsp3) is 0.533. The quantitative estimate of drug-likeness (QED) is 0.766. The lowest BCUT2D eigenvalue weighted by Gasteiger charge is -2.16. The SMILES string of the molecule is Cc1cccc(C)c1OCCCC(=O)N(C)CCO. The number of carbonyl (C=O) groups is 1. The molecule has 0 spiro atoms. The number of ether oxygens (including phenoxy) is 1. The van der Waals surface area contributed by atoms with E-state index in [9.17, 15) is 4.79 Å². The van der Waals surface area contributed by atoms with E-state index in [4.69, 9.17) is 9.84 Å². The number of hydrogen-bond acceptors (Lipinski definition) is 3. The number of aliphatic hydroxyl groups excluding tert-OH is 1. The number of aryl methyl sites for hydroxylation is 2. The van der Waals surface area contributed by atoms with Gasteiger partial charge in [-0.25, -0.2) is 0 Å². The van der Waals surface area contributed by atoms with Crippen molar-refractivity contribution in [2.75, 3.05) is 26.8 Å². The number of carbonyl (C=O) groups excluding carboxylic acids is 1. The standard InChI is InChI=1S/C15H23NO3/c1-12-6-4-7-13(2)15(12)19-11-5-8-14(18)16(3)9-10-17/h4,6-7,17H,5,8-11H2,1-3H3. The first-order valence-corrected chi connectivity index (χ1v) is 6.60. The molecule has 19 heavy (non-hydrogen) atoms. The molecule has 0 fully saturated rings. The van der Waals surface area contributed by atoms with Crippen LogP contribution >= 0.6 is 0 Å². The van der Waals surface area contributed by atoms with Crippen molar-refractivity contribution in [1.82, 2.24) is 4.90 Å². The zero-order valence-corrected chi connectivity index (χ0v) is 12.0. The van der Waals surface area contributed by atoms with E-state index in [0.29, 0.717) is 26.0 Å². The Morgan fingerprint density at radius 3 is 2.53 bits per heavy atom. The molecule has 0 bridgehead atoms. The van der Waals surface area contributed by atoms with Crippen LogP contribution in [0.3, 0.4) is 0 Å². The monoisotopic (exact) mass is 265 g/mol. The Balaban J connectivity index is 2.33. The van der Waals surface area contributed by atoms with Gasteiger partial charge in [0.2, 0.25) is 5.91 Å². The number of nitrogens with zero attached hydrogens (tertiary/aromatic N) is 1. The van der Waals surface area contributed by atoms with Crippen molar-refractivity contribution in [3.63, 3.8) is 0 Å². The maximum absolute atomic E-state index is 11.6. The summed E-state index contributed by atoms with van der Waals surface area (Å²) in [4.78, 5) is 13.2. The molecular formula is C15H23NO3. The van der Waals surface area contributed by atoms with E-state index in [0.717, 1.165) is 16.9 Å².